The molecule has 2 atom stereocenters. The largest absolute Gasteiger partial charge is 0.409 e. The first-order chi connectivity index (χ1) is 7.26. The summed E-state index contributed by atoms with van der Waals surface area (Å²) in [5, 5.41) is 11.2. The molecule has 1 saturated carbocycles. The summed E-state index contributed by atoms with van der Waals surface area (Å²) in [6, 6.07) is 0. The molecule has 1 aliphatic rings. The molecular weight excluding hydrogens is 196 g/mol. The standard InChI is InChI=1S/C10H20N2O3/c1-14-8-3-2-4-9(7-8)15-6-5-10(11)12-13/h8-9,13H,2-7H2,1H3,(H2,11,12). The fourth-order valence-corrected chi connectivity index (χ4v) is 1.85. The quantitative estimate of drug-likeness (QED) is 0.312. The lowest BCUT2D eigenvalue weighted by Gasteiger charge is -2.28. The van der Waals surface area contributed by atoms with E-state index in [1.807, 2.05) is 0 Å². The maximum atomic E-state index is 8.34. The number of nitrogens with two attached hydrogens (primary N) is 1. The van der Waals surface area contributed by atoms with Gasteiger partial charge in [0.2, 0.25) is 0 Å². The normalized spacial score (nSPS) is 27.9. The number of methoxy groups -OCH3 is 1. The van der Waals surface area contributed by atoms with Crippen molar-refractivity contribution in [3.63, 3.8) is 0 Å². The van der Waals surface area contributed by atoms with Gasteiger partial charge in [0, 0.05) is 13.5 Å². The monoisotopic (exact) mass is 216 g/mol. The van der Waals surface area contributed by atoms with Gasteiger partial charge < -0.3 is 20.4 Å². The van der Waals surface area contributed by atoms with Crippen LogP contribution in [0.3, 0.4) is 0 Å². The molecule has 0 aromatic carbocycles. The van der Waals surface area contributed by atoms with Crippen molar-refractivity contribution in [3.05, 3.63) is 0 Å². The second-order valence-electron chi connectivity index (χ2n) is 3.86. The number of oxime groups is 1. The van der Waals surface area contributed by atoms with Gasteiger partial charge in [-0.25, -0.2) is 0 Å². The van der Waals surface area contributed by atoms with Crippen molar-refractivity contribution in [2.45, 2.75) is 44.3 Å². The number of nitrogens with zero attached hydrogens (tertiary/aromatic N) is 1. The van der Waals surface area contributed by atoms with Crippen LogP contribution in [0.2, 0.25) is 0 Å². The van der Waals surface area contributed by atoms with Crippen LogP contribution in [0.4, 0.5) is 0 Å². The van der Waals surface area contributed by atoms with Crippen LogP contribution in [0.15, 0.2) is 5.16 Å². The Morgan fingerprint density at radius 2 is 2.20 bits per heavy atom. The average Bonchev–Trinajstić information content (AvgIpc) is 2.29. The molecule has 0 amide bonds. The minimum Gasteiger partial charge on any atom is -0.409 e. The van der Waals surface area contributed by atoms with Crippen molar-refractivity contribution in [2.75, 3.05) is 13.7 Å². The maximum Gasteiger partial charge on any atom is 0.141 e. The summed E-state index contributed by atoms with van der Waals surface area (Å²) in [6.45, 7) is 0.511. The SMILES string of the molecule is COC1CCCC(OCCC(N)=NO)C1. The molecule has 0 saturated heterocycles. The number of hydrogen-bond acceptors (Lipinski definition) is 4. The van der Waals surface area contributed by atoms with E-state index >= 15 is 0 Å². The van der Waals surface area contributed by atoms with Crippen LogP contribution in [-0.4, -0.2) is 37.0 Å². The van der Waals surface area contributed by atoms with Gasteiger partial charge in [-0.05, 0) is 25.7 Å². The Morgan fingerprint density at radius 1 is 1.47 bits per heavy atom. The predicted octanol–water partition coefficient (Wildman–Crippen LogP) is 1.10. The van der Waals surface area contributed by atoms with Crippen LogP contribution in [-0.2, 0) is 9.47 Å². The first-order valence-corrected chi connectivity index (χ1v) is 5.37. The van der Waals surface area contributed by atoms with Crippen LogP contribution in [0, 0.1) is 0 Å². The molecule has 88 valence electrons. The number of rotatable bonds is 5. The van der Waals surface area contributed by atoms with E-state index < -0.39 is 0 Å². The average molecular weight is 216 g/mol. The summed E-state index contributed by atoms with van der Waals surface area (Å²) in [7, 11) is 1.74. The molecule has 5 nitrogen and oxygen atoms in total. The van der Waals surface area contributed by atoms with Crippen molar-refractivity contribution in [2.24, 2.45) is 10.9 Å². The Balaban J connectivity index is 2.15. The van der Waals surface area contributed by atoms with E-state index in [-0.39, 0.29) is 11.9 Å². The van der Waals surface area contributed by atoms with Crippen molar-refractivity contribution in [1.82, 2.24) is 0 Å². The molecule has 2 unspecified atom stereocenters. The second kappa shape index (κ2) is 6.63. The summed E-state index contributed by atoms with van der Waals surface area (Å²) >= 11 is 0. The zero-order chi connectivity index (χ0) is 11.1. The zero-order valence-corrected chi connectivity index (χ0v) is 9.19. The van der Waals surface area contributed by atoms with Crippen LogP contribution in [0.25, 0.3) is 0 Å². The number of ether oxygens (including phenoxy) is 2. The van der Waals surface area contributed by atoms with Crippen LogP contribution in [0.5, 0.6) is 0 Å². The lowest BCUT2D eigenvalue weighted by molar-refractivity contribution is -0.0273. The van der Waals surface area contributed by atoms with Crippen LogP contribution < -0.4 is 5.73 Å². The number of hydrogen-bond donors (Lipinski definition) is 2. The van der Waals surface area contributed by atoms with Crippen molar-refractivity contribution < 1.29 is 14.7 Å². The fraction of sp³-hybridized carbons (Fsp3) is 0.900. The second-order valence-corrected chi connectivity index (χ2v) is 3.86. The highest BCUT2D eigenvalue weighted by molar-refractivity contribution is 5.79. The van der Waals surface area contributed by atoms with Crippen molar-refractivity contribution in [3.8, 4) is 0 Å². The molecule has 3 N–H and O–H groups in total. The highest BCUT2D eigenvalue weighted by atomic mass is 16.5. The van der Waals surface area contributed by atoms with Crippen molar-refractivity contribution >= 4 is 5.84 Å². The lowest BCUT2D eigenvalue weighted by atomic mass is 9.95. The van der Waals surface area contributed by atoms with Gasteiger partial charge >= 0.3 is 0 Å². The van der Waals surface area contributed by atoms with E-state index in [1.54, 1.807) is 7.11 Å². The molecule has 0 spiro atoms. The Bertz CT molecular complexity index is 209. The van der Waals surface area contributed by atoms with Gasteiger partial charge in [-0.1, -0.05) is 5.16 Å². The molecule has 0 aromatic rings. The zero-order valence-electron chi connectivity index (χ0n) is 9.19. The molecule has 1 fully saturated rings. The van der Waals surface area contributed by atoms with E-state index in [0.29, 0.717) is 19.1 Å². The smallest absolute Gasteiger partial charge is 0.141 e. The van der Waals surface area contributed by atoms with Crippen LogP contribution >= 0.6 is 0 Å². The highest BCUT2D eigenvalue weighted by Gasteiger charge is 2.21. The van der Waals surface area contributed by atoms with E-state index in [2.05, 4.69) is 5.16 Å². The molecule has 0 radical (unpaired) electrons. The summed E-state index contributed by atoms with van der Waals surface area (Å²) in [6.07, 6.45) is 5.36. The van der Waals surface area contributed by atoms with Gasteiger partial charge in [-0.3, -0.25) is 0 Å². The first-order valence-electron chi connectivity index (χ1n) is 5.37. The molecule has 0 heterocycles. The van der Waals surface area contributed by atoms with E-state index in [0.717, 1.165) is 25.7 Å². The minimum absolute atomic E-state index is 0.217. The van der Waals surface area contributed by atoms with Crippen LogP contribution in [0.1, 0.15) is 32.1 Å². The summed E-state index contributed by atoms with van der Waals surface area (Å²) < 4.78 is 10.9. The molecule has 0 aliphatic heterocycles. The lowest BCUT2D eigenvalue weighted by Crippen LogP contribution is -2.28. The van der Waals surface area contributed by atoms with E-state index in [1.165, 1.54) is 0 Å². The summed E-state index contributed by atoms with van der Waals surface area (Å²) in [5.41, 5.74) is 5.34. The van der Waals surface area contributed by atoms with Gasteiger partial charge in [-0.2, -0.15) is 0 Å². The Morgan fingerprint density at radius 3 is 2.87 bits per heavy atom. The highest BCUT2D eigenvalue weighted by Crippen LogP contribution is 2.22. The molecule has 15 heavy (non-hydrogen) atoms. The first kappa shape index (κ1) is 12.3. The van der Waals surface area contributed by atoms with Crippen molar-refractivity contribution in [1.29, 1.82) is 0 Å². The fourth-order valence-electron chi connectivity index (χ4n) is 1.85. The molecule has 1 rings (SSSR count). The maximum absolute atomic E-state index is 8.34. The van der Waals surface area contributed by atoms with E-state index in [9.17, 15) is 0 Å². The minimum atomic E-state index is 0.217. The molecule has 0 bridgehead atoms. The Hall–Kier alpha value is -0.810. The predicted molar refractivity (Wildman–Crippen MR) is 57.0 cm³/mol. The van der Waals surface area contributed by atoms with Gasteiger partial charge in [-0.15, -0.1) is 0 Å². The summed E-state index contributed by atoms with van der Waals surface area (Å²) in [4.78, 5) is 0. The third-order valence-corrected chi connectivity index (χ3v) is 2.75. The van der Waals surface area contributed by atoms with Gasteiger partial charge in [0.15, 0.2) is 0 Å². The topological polar surface area (TPSA) is 77.1 Å². The molecular formula is C10H20N2O3. The summed E-state index contributed by atoms with van der Waals surface area (Å²) in [5.74, 6) is 0.217. The molecule has 5 heteroatoms. The van der Waals surface area contributed by atoms with Gasteiger partial charge in [0.25, 0.3) is 0 Å². The Kier molecular flexibility index (Phi) is 5.42. The number of amidine groups is 1. The van der Waals surface area contributed by atoms with Gasteiger partial charge in [0.05, 0.1) is 18.8 Å². The van der Waals surface area contributed by atoms with E-state index in [4.69, 9.17) is 20.4 Å². The molecule has 0 aromatic heterocycles. The third-order valence-electron chi connectivity index (χ3n) is 2.75. The van der Waals surface area contributed by atoms with Gasteiger partial charge in [0.1, 0.15) is 5.84 Å². The third kappa shape index (κ3) is 4.48. The molecule has 1 aliphatic carbocycles. The Labute approximate surface area is 90.2 Å².